The molecule has 0 radical (unpaired) electrons. The molecule has 0 spiro atoms. The molecular weight excluding hydrogens is 198 g/mol. The minimum Gasteiger partial charge on any atom is -0.303 e. The Labute approximate surface area is 93.8 Å². The Morgan fingerprint density at radius 1 is 1.21 bits per heavy atom. The third kappa shape index (κ3) is 8.27. The van der Waals surface area contributed by atoms with Crippen molar-refractivity contribution in [1.29, 1.82) is 0 Å². The van der Waals surface area contributed by atoms with Crippen LogP contribution in [0.1, 0.15) is 34.1 Å². The maximum atomic E-state index is 11.3. The van der Waals surface area contributed by atoms with E-state index in [0.717, 1.165) is 25.2 Å². The first kappa shape index (κ1) is 16.1. The van der Waals surface area contributed by atoms with Crippen LogP contribution in [-0.4, -0.2) is 30.3 Å². The van der Waals surface area contributed by atoms with Crippen molar-refractivity contribution in [3.63, 3.8) is 0 Å². The molecule has 84 valence electrons. The predicted molar refractivity (Wildman–Crippen MR) is 64.1 cm³/mol. The number of carbonyl (C=O) groups is 1. The van der Waals surface area contributed by atoms with Crippen LogP contribution in [0.5, 0.6) is 0 Å². The Balaban J connectivity index is 0. The lowest BCUT2D eigenvalue weighted by atomic mass is 10.2. The van der Waals surface area contributed by atoms with Gasteiger partial charge in [0, 0.05) is 13.0 Å². The second-order valence-corrected chi connectivity index (χ2v) is 3.46. The second-order valence-electron chi connectivity index (χ2n) is 3.46. The van der Waals surface area contributed by atoms with Crippen molar-refractivity contribution in [2.24, 2.45) is 0 Å². The molecule has 0 bridgehead atoms. The molecule has 0 N–H and O–H groups in total. The van der Waals surface area contributed by atoms with E-state index in [4.69, 9.17) is 0 Å². The Hall–Kier alpha value is -0.340. The fourth-order valence-electron chi connectivity index (χ4n) is 1.20. The van der Waals surface area contributed by atoms with Gasteiger partial charge in [-0.2, -0.15) is 0 Å². The van der Waals surface area contributed by atoms with Gasteiger partial charge in [-0.1, -0.05) is 19.4 Å². The van der Waals surface area contributed by atoms with Crippen molar-refractivity contribution in [3.05, 3.63) is 11.6 Å². The fraction of sp³-hybridized carbons (Fsp3) is 0.727. The standard InChI is InChI=1S/C11H21NO.ClH/c1-5-12(6-2)8-7-11(13)9-10(3)4;/h9H,5-8H2,1-4H3;1H. The number of ketones is 1. The van der Waals surface area contributed by atoms with Crippen LogP contribution in [0.4, 0.5) is 0 Å². The molecule has 14 heavy (non-hydrogen) atoms. The summed E-state index contributed by atoms with van der Waals surface area (Å²) in [7, 11) is 0. The Morgan fingerprint density at radius 2 is 1.71 bits per heavy atom. The van der Waals surface area contributed by atoms with Gasteiger partial charge in [-0.25, -0.2) is 0 Å². The zero-order valence-corrected chi connectivity index (χ0v) is 10.5. The number of allylic oxidation sites excluding steroid dienone is 2. The van der Waals surface area contributed by atoms with Gasteiger partial charge in [0.15, 0.2) is 5.78 Å². The van der Waals surface area contributed by atoms with E-state index in [1.807, 2.05) is 13.8 Å². The molecule has 0 atom stereocenters. The van der Waals surface area contributed by atoms with Crippen LogP contribution < -0.4 is 0 Å². The van der Waals surface area contributed by atoms with Crippen molar-refractivity contribution in [2.75, 3.05) is 19.6 Å². The Morgan fingerprint density at radius 3 is 2.07 bits per heavy atom. The summed E-state index contributed by atoms with van der Waals surface area (Å²) in [5.74, 6) is 0.243. The van der Waals surface area contributed by atoms with Gasteiger partial charge >= 0.3 is 0 Å². The third-order valence-electron chi connectivity index (χ3n) is 2.02. The van der Waals surface area contributed by atoms with Crippen molar-refractivity contribution in [1.82, 2.24) is 4.90 Å². The smallest absolute Gasteiger partial charge is 0.156 e. The van der Waals surface area contributed by atoms with Crippen molar-refractivity contribution < 1.29 is 4.79 Å². The second kappa shape index (κ2) is 9.22. The number of carbonyl (C=O) groups excluding carboxylic acids is 1. The first-order valence-corrected chi connectivity index (χ1v) is 5.00. The van der Waals surface area contributed by atoms with Crippen LogP contribution >= 0.6 is 12.4 Å². The van der Waals surface area contributed by atoms with E-state index in [0.29, 0.717) is 6.42 Å². The van der Waals surface area contributed by atoms with Gasteiger partial charge in [0.25, 0.3) is 0 Å². The van der Waals surface area contributed by atoms with Crippen LogP contribution in [-0.2, 0) is 4.79 Å². The number of hydrogen-bond acceptors (Lipinski definition) is 2. The van der Waals surface area contributed by atoms with Crippen molar-refractivity contribution in [2.45, 2.75) is 34.1 Å². The van der Waals surface area contributed by atoms with Gasteiger partial charge in [-0.05, 0) is 33.0 Å². The SMILES string of the molecule is CCN(CC)CCC(=O)C=C(C)C.Cl. The Kier molecular flexibility index (Phi) is 10.6. The van der Waals surface area contributed by atoms with E-state index in [9.17, 15) is 4.79 Å². The van der Waals surface area contributed by atoms with Gasteiger partial charge in [-0.15, -0.1) is 12.4 Å². The van der Waals surface area contributed by atoms with Crippen LogP contribution in [0.15, 0.2) is 11.6 Å². The molecule has 3 heteroatoms. The first-order chi connectivity index (χ1) is 6.10. The van der Waals surface area contributed by atoms with Gasteiger partial charge in [0.1, 0.15) is 0 Å². The largest absolute Gasteiger partial charge is 0.303 e. The highest BCUT2D eigenvalue weighted by Gasteiger charge is 2.02. The van der Waals surface area contributed by atoms with Crippen LogP contribution in [0.3, 0.4) is 0 Å². The lowest BCUT2D eigenvalue weighted by Crippen LogP contribution is -2.25. The first-order valence-electron chi connectivity index (χ1n) is 5.00. The van der Waals surface area contributed by atoms with E-state index < -0.39 is 0 Å². The molecule has 0 saturated carbocycles. The van der Waals surface area contributed by atoms with E-state index in [1.54, 1.807) is 6.08 Å². The van der Waals surface area contributed by atoms with E-state index in [1.165, 1.54) is 0 Å². The van der Waals surface area contributed by atoms with Crippen molar-refractivity contribution >= 4 is 18.2 Å². The van der Waals surface area contributed by atoms with Gasteiger partial charge in [0.2, 0.25) is 0 Å². The number of hydrogen-bond donors (Lipinski definition) is 0. The summed E-state index contributed by atoms with van der Waals surface area (Å²) in [6.07, 6.45) is 2.37. The molecule has 0 aromatic carbocycles. The van der Waals surface area contributed by atoms with E-state index >= 15 is 0 Å². The highest BCUT2D eigenvalue weighted by Crippen LogP contribution is 1.96. The summed E-state index contributed by atoms with van der Waals surface area (Å²) in [5.41, 5.74) is 1.09. The molecule has 0 aliphatic heterocycles. The quantitative estimate of drug-likeness (QED) is 0.641. The average molecular weight is 220 g/mol. The molecule has 0 fully saturated rings. The summed E-state index contributed by atoms with van der Waals surface area (Å²) in [4.78, 5) is 13.5. The monoisotopic (exact) mass is 219 g/mol. The van der Waals surface area contributed by atoms with Crippen molar-refractivity contribution in [3.8, 4) is 0 Å². The minimum absolute atomic E-state index is 0. The summed E-state index contributed by atoms with van der Waals surface area (Å²) in [5, 5.41) is 0. The van der Waals surface area contributed by atoms with Crippen LogP contribution in [0.25, 0.3) is 0 Å². The van der Waals surface area contributed by atoms with Gasteiger partial charge in [0.05, 0.1) is 0 Å². The lowest BCUT2D eigenvalue weighted by molar-refractivity contribution is -0.114. The summed E-state index contributed by atoms with van der Waals surface area (Å²) in [6.45, 7) is 11.1. The number of rotatable bonds is 6. The molecule has 0 amide bonds. The number of nitrogens with zero attached hydrogens (tertiary/aromatic N) is 1. The summed E-state index contributed by atoms with van der Waals surface area (Å²) < 4.78 is 0. The van der Waals surface area contributed by atoms with Crippen LogP contribution in [0, 0.1) is 0 Å². The number of halogens is 1. The fourth-order valence-corrected chi connectivity index (χ4v) is 1.20. The molecule has 0 unspecified atom stereocenters. The maximum Gasteiger partial charge on any atom is 0.156 e. The normalized spacial score (nSPS) is 9.50. The molecule has 0 aromatic rings. The summed E-state index contributed by atoms with van der Waals surface area (Å²) >= 11 is 0. The van der Waals surface area contributed by atoms with Crippen LogP contribution in [0.2, 0.25) is 0 Å². The Bertz CT molecular complexity index is 182. The maximum absolute atomic E-state index is 11.3. The minimum atomic E-state index is 0. The van der Waals surface area contributed by atoms with E-state index in [2.05, 4.69) is 18.7 Å². The van der Waals surface area contributed by atoms with Gasteiger partial charge in [-0.3, -0.25) is 4.79 Å². The molecule has 0 aromatic heterocycles. The average Bonchev–Trinajstić information content (AvgIpc) is 2.05. The zero-order valence-electron chi connectivity index (χ0n) is 9.67. The highest BCUT2D eigenvalue weighted by atomic mass is 35.5. The molecule has 0 aliphatic rings. The lowest BCUT2D eigenvalue weighted by Gasteiger charge is -2.16. The highest BCUT2D eigenvalue weighted by molar-refractivity contribution is 5.90. The molecule has 0 saturated heterocycles. The molecule has 0 rings (SSSR count). The molecule has 2 nitrogen and oxygen atoms in total. The predicted octanol–water partition coefficient (Wildman–Crippen LogP) is 2.68. The topological polar surface area (TPSA) is 20.3 Å². The summed E-state index contributed by atoms with van der Waals surface area (Å²) in [6, 6.07) is 0. The third-order valence-corrected chi connectivity index (χ3v) is 2.02. The van der Waals surface area contributed by atoms with E-state index in [-0.39, 0.29) is 18.2 Å². The molecule has 0 aliphatic carbocycles. The molecule has 0 heterocycles. The zero-order chi connectivity index (χ0) is 10.3. The molecular formula is C11H22ClNO. The van der Waals surface area contributed by atoms with Gasteiger partial charge < -0.3 is 4.90 Å².